The van der Waals surface area contributed by atoms with Crippen LogP contribution in [0.4, 0.5) is 13.2 Å². The zero-order valence-corrected chi connectivity index (χ0v) is 13.4. The number of alkyl halides is 3. The maximum Gasteiger partial charge on any atom is 0.416 e. The van der Waals surface area contributed by atoms with E-state index in [0.29, 0.717) is 11.1 Å². The van der Waals surface area contributed by atoms with Gasteiger partial charge in [0.05, 0.1) is 0 Å². The summed E-state index contributed by atoms with van der Waals surface area (Å²) in [4.78, 5) is 12.1. The van der Waals surface area contributed by atoms with E-state index >= 15 is 0 Å². The highest BCUT2D eigenvalue weighted by Gasteiger charge is 2.58. The van der Waals surface area contributed by atoms with Crippen LogP contribution in [0, 0.1) is 6.92 Å². The molecule has 0 aliphatic carbocycles. The summed E-state index contributed by atoms with van der Waals surface area (Å²) in [6.07, 6.45) is -3.92. The van der Waals surface area contributed by atoms with E-state index in [1.807, 2.05) is 6.92 Å². The third-order valence-electron chi connectivity index (χ3n) is 4.36. The molecule has 0 radical (unpaired) electrons. The van der Waals surface area contributed by atoms with Crippen molar-refractivity contribution in [1.82, 2.24) is 5.32 Å². The molecule has 0 bridgehead atoms. The highest BCUT2D eigenvalue weighted by molar-refractivity contribution is 5.98. The van der Waals surface area contributed by atoms with Gasteiger partial charge >= 0.3 is 6.18 Å². The number of nitrogens with one attached hydrogen (secondary N) is 1. The summed E-state index contributed by atoms with van der Waals surface area (Å²) in [6, 6.07) is 11.7. The van der Waals surface area contributed by atoms with Gasteiger partial charge in [0.25, 0.3) is 0 Å². The predicted octanol–water partition coefficient (Wildman–Crippen LogP) is 4.06. The van der Waals surface area contributed by atoms with Gasteiger partial charge in [-0.25, -0.2) is 0 Å². The van der Waals surface area contributed by atoms with Crippen molar-refractivity contribution in [1.29, 1.82) is 0 Å². The van der Waals surface area contributed by atoms with Gasteiger partial charge in [-0.1, -0.05) is 42.0 Å². The van der Waals surface area contributed by atoms with E-state index in [-0.39, 0.29) is 11.3 Å². The van der Waals surface area contributed by atoms with Crippen molar-refractivity contribution in [2.24, 2.45) is 0 Å². The molecule has 0 fully saturated rings. The van der Waals surface area contributed by atoms with Crippen molar-refractivity contribution in [3.8, 4) is 5.75 Å². The van der Waals surface area contributed by atoms with Crippen LogP contribution < -0.4 is 5.32 Å². The van der Waals surface area contributed by atoms with E-state index in [4.69, 9.17) is 0 Å². The van der Waals surface area contributed by atoms with Crippen LogP contribution in [0.1, 0.15) is 23.1 Å². The Hall–Kier alpha value is -2.76. The molecule has 1 aliphatic rings. The smallest absolute Gasteiger partial charge is 0.416 e. The number of rotatable bonds is 2. The molecule has 1 unspecified atom stereocenters. The van der Waals surface area contributed by atoms with E-state index < -0.39 is 24.0 Å². The maximum absolute atomic E-state index is 14.0. The van der Waals surface area contributed by atoms with Gasteiger partial charge in [-0.15, -0.1) is 0 Å². The Morgan fingerprint density at radius 3 is 2.20 bits per heavy atom. The summed E-state index contributed by atoms with van der Waals surface area (Å²) in [7, 11) is 0. The van der Waals surface area contributed by atoms with Gasteiger partial charge in [-0.2, -0.15) is 13.2 Å². The fourth-order valence-corrected chi connectivity index (χ4v) is 2.99. The number of benzene rings is 2. The fourth-order valence-electron chi connectivity index (χ4n) is 2.99. The fraction of sp³-hybridized carbons (Fsp3) is 0.211. The first-order valence-corrected chi connectivity index (χ1v) is 7.67. The Labute approximate surface area is 142 Å². The Morgan fingerprint density at radius 2 is 1.64 bits per heavy atom. The van der Waals surface area contributed by atoms with E-state index in [2.05, 4.69) is 5.32 Å². The van der Waals surface area contributed by atoms with Crippen molar-refractivity contribution in [3.63, 3.8) is 0 Å². The molecule has 130 valence electrons. The van der Waals surface area contributed by atoms with E-state index in [0.717, 1.165) is 5.56 Å². The van der Waals surface area contributed by atoms with E-state index in [1.165, 1.54) is 30.3 Å². The Morgan fingerprint density at radius 1 is 1.04 bits per heavy atom. The molecule has 2 aromatic rings. The number of hydrogen-bond donors (Lipinski definition) is 2. The number of hydrogen-bond acceptors (Lipinski definition) is 2. The first kappa shape index (κ1) is 17.1. The lowest BCUT2D eigenvalue weighted by Gasteiger charge is -2.40. The first-order chi connectivity index (χ1) is 11.7. The quantitative estimate of drug-likeness (QED) is 0.861. The molecule has 3 rings (SSSR count). The minimum absolute atomic E-state index is 0.121. The number of carbonyl (C=O) groups excluding carboxylic acids is 1. The summed E-state index contributed by atoms with van der Waals surface area (Å²) >= 11 is 0. The van der Waals surface area contributed by atoms with Crippen LogP contribution in [-0.2, 0) is 10.3 Å². The van der Waals surface area contributed by atoms with Crippen LogP contribution in [0.25, 0.3) is 5.57 Å². The zero-order valence-electron chi connectivity index (χ0n) is 13.4. The first-order valence-electron chi connectivity index (χ1n) is 7.67. The van der Waals surface area contributed by atoms with Gasteiger partial charge in [-0.05, 0) is 35.8 Å². The predicted molar refractivity (Wildman–Crippen MR) is 87.8 cm³/mol. The maximum atomic E-state index is 14.0. The normalized spacial score (nSPS) is 20.8. The lowest BCUT2D eigenvalue weighted by Crippen LogP contribution is -2.57. The number of amides is 1. The molecule has 1 heterocycles. The standard InChI is InChI=1S/C19H16F3NO2/c1-12-2-4-13(5-3-12)14-10-17(25)23-18(11-14,19(20,21)22)15-6-8-16(24)9-7-15/h2-10,24H,11H2,1H3,(H,23,25). The van der Waals surface area contributed by atoms with Crippen LogP contribution in [0.5, 0.6) is 5.75 Å². The van der Waals surface area contributed by atoms with Crippen LogP contribution in [0.2, 0.25) is 0 Å². The summed E-state index contributed by atoms with van der Waals surface area (Å²) < 4.78 is 42.0. The highest BCUT2D eigenvalue weighted by Crippen LogP contribution is 2.47. The van der Waals surface area contributed by atoms with Crippen LogP contribution in [0.3, 0.4) is 0 Å². The number of phenolic OH excluding ortho intramolecular Hbond substituents is 1. The topological polar surface area (TPSA) is 49.3 Å². The molecule has 2 N–H and O–H groups in total. The second-order valence-electron chi connectivity index (χ2n) is 6.15. The third kappa shape index (κ3) is 3.12. The molecule has 1 amide bonds. The minimum atomic E-state index is -4.70. The average Bonchev–Trinajstić information content (AvgIpc) is 2.54. The van der Waals surface area contributed by atoms with Gasteiger partial charge in [0.2, 0.25) is 5.91 Å². The molecule has 0 spiro atoms. The summed E-state index contributed by atoms with van der Waals surface area (Å²) in [5, 5.41) is 11.5. The monoisotopic (exact) mass is 347 g/mol. The lowest BCUT2D eigenvalue weighted by molar-refractivity contribution is -0.201. The second-order valence-corrected chi connectivity index (χ2v) is 6.15. The molecule has 1 atom stereocenters. The number of carbonyl (C=O) groups is 1. The summed E-state index contributed by atoms with van der Waals surface area (Å²) in [5.74, 6) is -0.940. The van der Waals surface area contributed by atoms with Crippen molar-refractivity contribution >= 4 is 11.5 Å². The van der Waals surface area contributed by atoms with Gasteiger partial charge in [-0.3, -0.25) is 4.79 Å². The molecule has 0 saturated carbocycles. The molecular formula is C19H16F3NO2. The largest absolute Gasteiger partial charge is 0.508 e. The Balaban J connectivity index is 2.11. The summed E-state index contributed by atoms with van der Waals surface area (Å²) in [6.45, 7) is 1.88. The zero-order chi connectivity index (χ0) is 18.2. The molecule has 0 aromatic heterocycles. The number of aryl methyl sites for hydroxylation is 1. The van der Waals surface area contributed by atoms with Gasteiger partial charge in [0.15, 0.2) is 5.54 Å². The van der Waals surface area contributed by atoms with Crippen molar-refractivity contribution < 1.29 is 23.1 Å². The van der Waals surface area contributed by atoms with Crippen LogP contribution in [0.15, 0.2) is 54.6 Å². The molecule has 6 heteroatoms. The molecule has 2 aromatic carbocycles. The van der Waals surface area contributed by atoms with Crippen molar-refractivity contribution in [2.45, 2.75) is 25.1 Å². The number of aromatic hydroxyl groups is 1. The van der Waals surface area contributed by atoms with Crippen LogP contribution in [-0.4, -0.2) is 17.2 Å². The minimum Gasteiger partial charge on any atom is -0.508 e. The van der Waals surface area contributed by atoms with E-state index in [9.17, 15) is 23.1 Å². The van der Waals surface area contributed by atoms with Crippen molar-refractivity contribution in [3.05, 3.63) is 71.3 Å². The molecule has 3 nitrogen and oxygen atoms in total. The summed E-state index contributed by atoms with van der Waals surface area (Å²) in [5.41, 5.74) is -0.789. The Bertz CT molecular complexity index is 823. The SMILES string of the molecule is Cc1ccc(C2=CC(=O)NC(c3ccc(O)cc3)(C(F)(F)F)C2)cc1. The third-order valence-corrected chi connectivity index (χ3v) is 4.36. The lowest BCUT2D eigenvalue weighted by atomic mass is 9.78. The van der Waals surface area contributed by atoms with Gasteiger partial charge < -0.3 is 10.4 Å². The highest BCUT2D eigenvalue weighted by atomic mass is 19.4. The Kier molecular flexibility index (Phi) is 4.06. The second kappa shape index (κ2) is 5.95. The van der Waals surface area contributed by atoms with E-state index in [1.54, 1.807) is 24.3 Å². The van der Waals surface area contributed by atoms with Crippen LogP contribution >= 0.6 is 0 Å². The molecule has 1 aliphatic heterocycles. The van der Waals surface area contributed by atoms with Gasteiger partial charge in [0, 0.05) is 12.5 Å². The molecule has 0 saturated heterocycles. The average molecular weight is 347 g/mol. The van der Waals surface area contributed by atoms with Crippen molar-refractivity contribution in [2.75, 3.05) is 0 Å². The number of phenols is 1. The van der Waals surface area contributed by atoms with Gasteiger partial charge in [0.1, 0.15) is 5.75 Å². The molecule has 25 heavy (non-hydrogen) atoms. The molecular weight excluding hydrogens is 331 g/mol. The number of halogens is 3.